The van der Waals surface area contributed by atoms with Crippen LogP contribution in [-0.2, 0) is 0 Å². The zero-order valence-electron chi connectivity index (χ0n) is 10.2. The van der Waals surface area contributed by atoms with Crippen LogP contribution in [-0.4, -0.2) is 30.0 Å². The van der Waals surface area contributed by atoms with Crippen molar-refractivity contribution >= 4 is 11.7 Å². The number of nitrogens with two attached hydrogens (primary N) is 2. The Hall–Kier alpha value is -1.62. The number of hydrogen-bond acceptors (Lipinski definition) is 4. The van der Waals surface area contributed by atoms with Crippen LogP contribution in [0, 0.1) is 13.8 Å². The van der Waals surface area contributed by atoms with Crippen LogP contribution in [0.2, 0.25) is 0 Å². The molecule has 1 fully saturated rings. The summed E-state index contributed by atoms with van der Waals surface area (Å²) in [6.07, 6.45) is 0.923. The third kappa shape index (κ3) is 2.24. The highest BCUT2D eigenvalue weighted by Crippen LogP contribution is 2.25. The summed E-state index contributed by atoms with van der Waals surface area (Å²) in [7, 11) is 0. The summed E-state index contributed by atoms with van der Waals surface area (Å²) < 4.78 is 0. The Balaban J connectivity index is 2.47. The molecule has 0 spiro atoms. The molecule has 0 aliphatic carbocycles. The van der Waals surface area contributed by atoms with Gasteiger partial charge in [0.25, 0.3) is 5.91 Å². The van der Waals surface area contributed by atoms with Crippen LogP contribution in [0.25, 0.3) is 0 Å². The molecule has 1 amide bonds. The molecule has 5 nitrogen and oxygen atoms in total. The minimum atomic E-state index is -0.425. The average Bonchev–Trinajstić information content (AvgIpc) is 2.62. The second-order valence-electron chi connectivity index (χ2n) is 4.64. The zero-order valence-corrected chi connectivity index (χ0v) is 10.2. The smallest absolute Gasteiger partial charge is 0.252 e. The summed E-state index contributed by atoms with van der Waals surface area (Å²) in [5.74, 6) is 0.258. The number of primary amides is 1. The lowest BCUT2D eigenvalue weighted by Crippen LogP contribution is -2.29. The molecule has 2 heterocycles. The highest BCUT2D eigenvalue weighted by molar-refractivity contribution is 5.99. The molecule has 1 aliphatic rings. The molecule has 1 atom stereocenters. The first kappa shape index (κ1) is 11.9. The van der Waals surface area contributed by atoms with Crippen molar-refractivity contribution < 1.29 is 4.79 Å². The topological polar surface area (TPSA) is 85.2 Å². The molecule has 1 aromatic rings. The van der Waals surface area contributed by atoms with E-state index in [1.54, 1.807) is 0 Å². The van der Waals surface area contributed by atoms with Gasteiger partial charge in [-0.05, 0) is 31.9 Å². The number of nitrogens with zero attached hydrogens (tertiary/aromatic N) is 2. The lowest BCUT2D eigenvalue weighted by Gasteiger charge is -2.21. The molecule has 5 heteroatoms. The minimum absolute atomic E-state index is 0.151. The molecule has 1 aliphatic heterocycles. The van der Waals surface area contributed by atoms with Crippen molar-refractivity contribution in [3.05, 3.63) is 22.9 Å². The van der Waals surface area contributed by atoms with Crippen molar-refractivity contribution in [2.75, 3.05) is 18.0 Å². The Labute approximate surface area is 101 Å². The summed E-state index contributed by atoms with van der Waals surface area (Å²) in [6.45, 7) is 5.36. The molecule has 1 unspecified atom stereocenters. The van der Waals surface area contributed by atoms with E-state index in [9.17, 15) is 4.79 Å². The minimum Gasteiger partial charge on any atom is -0.365 e. The fourth-order valence-corrected chi connectivity index (χ4v) is 2.33. The van der Waals surface area contributed by atoms with Crippen LogP contribution in [0.1, 0.15) is 28.0 Å². The largest absolute Gasteiger partial charge is 0.365 e. The fourth-order valence-electron chi connectivity index (χ4n) is 2.33. The van der Waals surface area contributed by atoms with Gasteiger partial charge in [-0.2, -0.15) is 0 Å². The number of aromatic nitrogens is 1. The lowest BCUT2D eigenvalue weighted by molar-refractivity contribution is 0.1000. The predicted octanol–water partition coefficient (Wildman–Crippen LogP) is 0.335. The van der Waals surface area contributed by atoms with E-state index in [2.05, 4.69) is 4.98 Å². The maximum Gasteiger partial charge on any atom is 0.252 e. The van der Waals surface area contributed by atoms with Crippen LogP contribution in [0.4, 0.5) is 5.82 Å². The van der Waals surface area contributed by atoms with Crippen LogP contribution in [0.5, 0.6) is 0 Å². The van der Waals surface area contributed by atoms with Crippen molar-refractivity contribution in [1.29, 1.82) is 0 Å². The zero-order chi connectivity index (χ0) is 12.6. The first-order valence-corrected chi connectivity index (χ1v) is 5.77. The van der Waals surface area contributed by atoms with Crippen molar-refractivity contribution in [1.82, 2.24) is 4.98 Å². The number of rotatable bonds is 2. The molecule has 0 aromatic carbocycles. The number of carbonyl (C=O) groups excluding carboxylic acids is 1. The summed E-state index contributed by atoms with van der Waals surface area (Å²) in [5.41, 5.74) is 13.6. The van der Waals surface area contributed by atoms with Crippen molar-refractivity contribution in [3.8, 4) is 0 Å². The molecule has 17 heavy (non-hydrogen) atoms. The van der Waals surface area contributed by atoms with Crippen molar-refractivity contribution in [2.45, 2.75) is 26.3 Å². The van der Waals surface area contributed by atoms with E-state index in [1.807, 2.05) is 24.8 Å². The fraction of sp³-hybridized carbons (Fsp3) is 0.500. The molecule has 1 saturated heterocycles. The second kappa shape index (κ2) is 4.33. The molecule has 0 bridgehead atoms. The monoisotopic (exact) mass is 234 g/mol. The van der Waals surface area contributed by atoms with Gasteiger partial charge in [0.15, 0.2) is 0 Å². The van der Waals surface area contributed by atoms with Gasteiger partial charge in [-0.15, -0.1) is 0 Å². The number of carbonyl (C=O) groups is 1. The van der Waals surface area contributed by atoms with Gasteiger partial charge in [-0.1, -0.05) is 0 Å². The van der Waals surface area contributed by atoms with E-state index in [-0.39, 0.29) is 6.04 Å². The Morgan fingerprint density at radius 3 is 2.76 bits per heavy atom. The number of pyridine rings is 1. The van der Waals surface area contributed by atoms with Crippen molar-refractivity contribution in [3.63, 3.8) is 0 Å². The van der Waals surface area contributed by atoms with Gasteiger partial charge in [0.2, 0.25) is 0 Å². The summed E-state index contributed by atoms with van der Waals surface area (Å²) in [6, 6.07) is 2.03. The van der Waals surface area contributed by atoms with Crippen molar-refractivity contribution in [2.24, 2.45) is 11.5 Å². The van der Waals surface area contributed by atoms with Gasteiger partial charge in [0, 0.05) is 24.8 Å². The van der Waals surface area contributed by atoms with E-state index in [4.69, 9.17) is 11.5 Å². The third-order valence-corrected chi connectivity index (χ3v) is 3.10. The molecule has 1 aromatic heterocycles. The van der Waals surface area contributed by atoms with Crippen LogP contribution in [0.15, 0.2) is 6.07 Å². The number of aryl methyl sites for hydroxylation is 2. The van der Waals surface area contributed by atoms with Gasteiger partial charge in [-0.3, -0.25) is 4.79 Å². The molecular weight excluding hydrogens is 216 g/mol. The van der Waals surface area contributed by atoms with Gasteiger partial charge in [0.05, 0.1) is 5.56 Å². The summed E-state index contributed by atoms with van der Waals surface area (Å²) in [5, 5.41) is 0. The van der Waals surface area contributed by atoms with E-state index >= 15 is 0 Å². The van der Waals surface area contributed by atoms with Gasteiger partial charge >= 0.3 is 0 Å². The first-order valence-electron chi connectivity index (χ1n) is 5.77. The molecule has 0 radical (unpaired) electrons. The number of amides is 1. The quantitative estimate of drug-likeness (QED) is 0.772. The van der Waals surface area contributed by atoms with E-state index in [0.717, 1.165) is 30.8 Å². The predicted molar refractivity (Wildman–Crippen MR) is 67.0 cm³/mol. The Bertz CT molecular complexity index is 458. The van der Waals surface area contributed by atoms with Gasteiger partial charge in [-0.25, -0.2) is 4.98 Å². The Kier molecular flexibility index (Phi) is 3.02. The molecule has 92 valence electrons. The summed E-state index contributed by atoms with van der Waals surface area (Å²) >= 11 is 0. The number of anilines is 1. The molecule has 2 rings (SSSR count). The molecule has 4 N–H and O–H groups in total. The Morgan fingerprint density at radius 2 is 2.24 bits per heavy atom. The maximum atomic E-state index is 11.5. The van der Waals surface area contributed by atoms with Gasteiger partial charge < -0.3 is 16.4 Å². The van der Waals surface area contributed by atoms with E-state index in [0.29, 0.717) is 11.4 Å². The van der Waals surface area contributed by atoms with E-state index in [1.165, 1.54) is 0 Å². The second-order valence-corrected chi connectivity index (χ2v) is 4.64. The van der Waals surface area contributed by atoms with Crippen LogP contribution < -0.4 is 16.4 Å². The van der Waals surface area contributed by atoms with Crippen LogP contribution >= 0.6 is 0 Å². The van der Waals surface area contributed by atoms with Crippen LogP contribution in [0.3, 0.4) is 0 Å². The third-order valence-electron chi connectivity index (χ3n) is 3.10. The highest BCUT2D eigenvalue weighted by Gasteiger charge is 2.25. The standard InChI is InChI=1S/C12H18N4O/c1-7-5-8(2)15-12(10(7)11(14)17)16-4-3-9(13)6-16/h5,9H,3-4,6,13H2,1-2H3,(H2,14,17). The highest BCUT2D eigenvalue weighted by atomic mass is 16.1. The lowest BCUT2D eigenvalue weighted by atomic mass is 10.1. The average molecular weight is 234 g/mol. The Morgan fingerprint density at radius 1 is 1.53 bits per heavy atom. The molecule has 0 saturated carbocycles. The number of hydrogen-bond donors (Lipinski definition) is 2. The maximum absolute atomic E-state index is 11.5. The first-order chi connectivity index (χ1) is 7.99. The SMILES string of the molecule is Cc1cc(C)c(C(N)=O)c(N2CCC(N)C2)n1. The van der Waals surface area contributed by atoms with Gasteiger partial charge in [0.1, 0.15) is 5.82 Å². The molecular formula is C12H18N4O. The normalized spacial score (nSPS) is 19.7. The summed E-state index contributed by atoms with van der Waals surface area (Å²) in [4.78, 5) is 18.0. The van der Waals surface area contributed by atoms with E-state index < -0.39 is 5.91 Å².